The van der Waals surface area contributed by atoms with E-state index in [2.05, 4.69) is 43.3 Å². The Morgan fingerprint density at radius 2 is 2.12 bits per heavy atom. The molecular formula is C13H23N3S. The summed E-state index contributed by atoms with van der Waals surface area (Å²) in [6, 6.07) is 0.427. The summed E-state index contributed by atoms with van der Waals surface area (Å²) < 4.78 is 0. The second kappa shape index (κ2) is 5.46. The second-order valence-corrected chi connectivity index (χ2v) is 6.44. The van der Waals surface area contributed by atoms with E-state index in [0.717, 1.165) is 18.4 Å². The standard InChI is InChI=1S/C13H23N3S/c1-8(12-6-14-7-12)5-15-9(2)13-10(3)16-11(4)17-13/h8-9,12,14-15H,5-7H2,1-4H3. The van der Waals surface area contributed by atoms with Crippen molar-refractivity contribution in [3.8, 4) is 0 Å². The van der Waals surface area contributed by atoms with Crippen molar-refractivity contribution < 1.29 is 0 Å². The van der Waals surface area contributed by atoms with Crippen LogP contribution < -0.4 is 10.6 Å². The van der Waals surface area contributed by atoms with Crippen LogP contribution in [0.3, 0.4) is 0 Å². The minimum Gasteiger partial charge on any atom is -0.316 e. The van der Waals surface area contributed by atoms with Gasteiger partial charge in [0.05, 0.1) is 10.7 Å². The molecule has 2 unspecified atom stereocenters. The van der Waals surface area contributed by atoms with E-state index in [4.69, 9.17) is 0 Å². The van der Waals surface area contributed by atoms with Gasteiger partial charge in [0.25, 0.3) is 0 Å². The lowest BCUT2D eigenvalue weighted by Crippen LogP contribution is -2.47. The molecule has 1 aliphatic heterocycles. The van der Waals surface area contributed by atoms with E-state index in [9.17, 15) is 0 Å². The van der Waals surface area contributed by atoms with Crippen LogP contribution in [0.5, 0.6) is 0 Å². The predicted molar refractivity (Wildman–Crippen MR) is 73.5 cm³/mol. The van der Waals surface area contributed by atoms with Crippen LogP contribution in [0.15, 0.2) is 0 Å². The lowest BCUT2D eigenvalue weighted by molar-refractivity contribution is 0.238. The van der Waals surface area contributed by atoms with Gasteiger partial charge in [-0.3, -0.25) is 0 Å². The summed E-state index contributed by atoms with van der Waals surface area (Å²) in [7, 11) is 0. The van der Waals surface area contributed by atoms with E-state index in [0.29, 0.717) is 6.04 Å². The lowest BCUT2D eigenvalue weighted by atomic mass is 9.89. The van der Waals surface area contributed by atoms with E-state index >= 15 is 0 Å². The molecule has 2 rings (SSSR count). The number of hydrogen-bond acceptors (Lipinski definition) is 4. The first kappa shape index (κ1) is 13.0. The maximum absolute atomic E-state index is 4.49. The lowest BCUT2D eigenvalue weighted by Gasteiger charge is -2.33. The summed E-state index contributed by atoms with van der Waals surface area (Å²) in [5.74, 6) is 1.62. The van der Waals surface area contributed by atoms with Crippen LogP contribution in [0.25, 0.3) is 0 Å². The zero-order valence-corrected chi connectivity index (χ0v) is 12.0. The normalized spacial score (nSPS) is 20.0. The highest BCUT2D eigenvalue weighted by molar-refractivity contribution is 7.11. The maximum Gasteiger partial charge on any atom is 0.0900 e. The third-order valence-corrected chi connectivity index (χ3v) is 4.95. The van der Waals surface area contributed by atoms with Crippen molar-refractivity contribution in [2.75, 3.05) is 19.6 Å². The van der Waals surface area contributed by atoms with E-state index in [1.165, 1.54) is 28.7 Å². The molecule has 0 spiro atoms. The summed E-state index contributed by atoms with van der Waals surface area (Å²) in [4.78, 5) is 5.88. The Bertz CT molecular complexity index is 371. The zero-order chi connectivity index (χ0) is 12.4. The number of hydrogen-bond donors (Lipinski definition) is 2. The first-order chi connectivity index (χ1) is 8.08. The predicted octanol–water partition coefficient (Wildman–Crippen LogP) is 2.27. The van der Waals surface area contributed by atoms with Crippen LogP contribution in [-0.2, 0) is 0 Å². The number of aryl methyl sites for hydroxylation is 2. The number of thiazole rings is 1. The molecular weight excluding hydrogens is 230 g/mol. The first-order valence-electron chi connectivity index (χ1n) is 6.46. The molecule has 1 aromatic heterocycles. The van der Waals surface area contributed by atoms with Crippen LogP contribution in [-0.4, -0.2) is 24.6 Å². The number of nitrogens with one attached hydrogen (secondary N) is 2. The summed E-state index contributed by atoms with van der Waals surface area (Å²) in [5.41, 5.74) is 1.19. The molecule has 1 fully saturated rings. The molecule has 0 saturated carbocycles. The maximum atomic E-state index is 4.49. The molecule has 2 heterocycles. The van der Waals surface area contributed by atoms with Crippen molar-refractivity contribution in [1.82, 2.24) is 15.6 Å². The zero-order valence-electron chi connectivity index (χ0n) is 11.2. The second-order valence-electron chi connectivity index (χ2n) is 5.21. The van der Waals surface area contributed by atoms with Gasteiger partial charge in [-0.15, -0.1) is 11.3 Å². The van der Waals surface area contributed by atoms with E-state index in [1.54, 1.807) is 0 Å². The molecule has 1 aromatic rings. The Kier molecular flexibility index (Phi) is 4.17. The van der Waals surface area contributed by atoms with Crippen LogP contribution >= 0.6 is 11.3 Å². The van der Waals surface area contributed by atoms with E-state index in [-0.39, 0.29) is 0 Å². The molecule has 2 atom stereocenters. The fourth-order valence-electron chi connectivity index (χ4n) is 2.28. The Morgan fingerprint density at radius 1 is 1.41 bits per heavy atom. The number of nitrogens with zero attached hydrogens (tertiary/aromatic N) is 1. The fraction of sp³-hybridized carbons (Fsp3) is 0.769. The van der Waals surface area contributed by atoms with E-state index < -0.39 is 0 Å². The topological polar surface area (TPSA) is 37.0 Å². The average molecular weight is 253 g/mol. The minimum absolute atomic E-state index is 0.427. The summed E-state index contributed by atoms with van der Waals surface area (Å²) in [6.07, 6.45) is 0. The molecule has 0 radical (unpaired) electrons. The summed E-state index contributed by atoms with van der Waals surface area (Å²) in [5, 5.41) is 8.15. The van der Waals surface area contributed by atoms with Gasteiger partial charge >= 0.3 is 0 Å². The van der Waals surface area contributed by atoms with Crippen molar-refractivity contribution in [2.24, 2.45) is 11.8 Å². The minimum atomic E-state index is 0.427. The highest BCUT2D eigenvalue weighted by Gasteiger charge is 2.24. The van der Waals surface area contributed by atoms with Gasteiger partial charge in [-0.2, -0.15) is 0 Å². The van der Waals surface area contributed by atoms with Crippen LogP contribution in [0.4, 0.5) is 0 Å². The number of aromatic nitrogens is 1. The van der Waals surface area contributed by atoms with Crippen molar-refractivity contribution in [3.05, 3.63) is 15.6 Å². The van der Waals surface area contributed by atoms with Crippen molar-refractivity contribution in [2.45, 2.75) is 33.7 Å². The first-order valence-corrected chi connectivity index (χ1v) is 7.27. The molecule has 1 saturated heterocycles. The molecule has 17 heavy (non-hydrogen) atoms. The third kappa shape index (κ3) is 3.06. The Labute approximate surface area is 108 Å². The molecule has 0 amide bonds. The monoisotopic (exact) mass is 253 g/mol. The van der Waals surface area contributed by atoms with Gasteiger partial charge in [-0.1, -0.05) is 6.92 Å². The molecule has 0 aliphatic carbocycles. The van der Waals surface area contributed by atoms with Crippen molar-refractivity contribution in [1.29, 1.82) is 0 Å². The van der Waals surface area contributed by atoms with Gasteiger partial charge in [0, 0.05) is 10.9 Å². The highest BCUT2D eigenvalue weighted by Crippen LogP contribution is 2.25. The van der Waals surface area contributed by atoms with Gasteiger partial charge in [-0.05, 0) is 52.2 Å². The molecule has 1 aliphatic rings. The average Bonchev–Trinajstić information content (AvgIpc) is 2.51. The van der Waals surface area contributed by atoms with E-state index in [1.807, 2.05) is 11.3 Å². The molecule has 0 aromatic carbocycles. The van der Waals surface area contributed by atoms with Gasteiger partial charge in [0.1, 0.15) is 0 Å². The summed E-state index contributed by atoms with van der Waals surface area (Å²) in [6.45, 7) is 12.3. The van der Waals surface area contributed by atoms with Gasteiger partial charge in [0.2, 0.25) is 0 Å². The number of rotatable bonds is 5. The molecule has 96 valence electrons. The van der Waals surface area contributed by atoms with Crippen molar-refractivity contribution in [3.63, 3.8) is 0 Å². The smallest absolute Gasteiger partial charge is 0.0900 e. The third-order valence-electron chi connectivity index (χ3n) is 3.70. The quantitative estimate of drug-likeness (QED) is 0.845. The summed E-state index contributed by atoms with van der Waals surface area (Å²) >= 11 is 1.82. The fourth-order valence-corrected chi connectivity index (χ4v) is 3.24. The SMILES string of the molecule is Cc1nc(C)c(C(C)NCC(C)C2CNC2)s1. The van der Waals surface area contributed by atoms with Crippen LogP contribution in [0.1, 0.15) is 35.5 Å². The van der Waals surface area contributed by atoms with Gasteiger partial charge in [0.15, 0.2) is 0 Å². The highest BCUT2D eigenvalue weighted by atomic mass is 32.1. The van der Waals surface area contributed by atoms with Gasteiger partial charge < -0.3 is 10.6 Å². The van der Waals surface area contributed by atoms with Crippen molar-refractivity contribution >= 4 is 11.3 Å². The van der Waals surface area contributed by atoms with Gasteiger partial charge in [-0.25, -0.2) is 4.98 Å². The molecule has 4 heteroatoms. The Balaban J connectivity index is 1.84. The molecule has 0 bridgehead atoms. The Morgan fingerprint density at radius 3 is 2.59 bits per heavy atom. The molecule has 2 N–H and O–H groups in total. The molecule has 3 nitrogen and oxygen atoms in total. The largest absolute Gasteiger partial charge is 0.316 e. The Hall–Kier alpha value is -0.450. The van der Waals surface area contributed by atoms with Crippen LogP contribution in [0.2, 0.25) is 0 Å². The van der Waals surface area contributed by atoms with Crippen LogP contribution in [0, 0.1) is 25.7 Å².